The summed E-state index contributed by atoms with van der Waals surface area (Å²) in [5.41, 5.74) is 0.666. The molecule has 7 nitrogen and oxygen atoms in total. The highest BCUT2D eigenvalue weighted by molar-refractivity contribution is 5.94. The molecule has 0 saturated carbocycles. The lowest BCUT2D eigenvalue weighted by Gasteiger charge is -2.25. The van der Waals surface area contributed by atoms with Gasteiger partial charge in [0.1, 0.15) is 6.61 Å². The third kappa shape index (κ3) is 3.76. The van der Waals surface area contributed by atoms with Gasteiger partial charge in [0, 0.05) is 26.0 Å². The predicted molar refractivity (Wildman–Crippen MR) is 90.8 cm³/mol. The molecule has 25 heavy (non-hydrogen) atoms. The molecular formula is C18H21N3O4. The Labute approximate surface area is 145 Å². The van der Waals surface area contributed by atoms with E-state index in [0.717, 1.165) is 32.6 Å². The first-order chi connectivity index (χ1) is 12.3. The van der Waals surface area contributed by atoms with Gasteiger partial charge in [-0.15, -0.1) is 0 Å². The van der Waals surface area contributed by atoms with Crippen molar-refractivity contribution in [3.8, 4) is 11.5 Å². The molecule has 0 radical (unpaired) electrons. The number of carbonyl (C=O) groups excluding carboxylic acids is 1. The molecule has 7 heteroatoms. The lowest BCUT2D eigenvalue weighted by molar-refractivity contribution is -0.125. The maximum absolute atomic E-state index is 12.4. The van der Waals surface area contributed by atoms with Crippen LogP contribution in [0.25, 0.3) is 0 Å². The molecular weight excluding hydrogens is 322 g/mol. The van der Waals surface area contributed by atoms with Gasteiger partial charge in [-0.05, 0) is 30.9 Å². The number of hydrogen-bond donors (Lipinski definition) is 1. The third-order valence-electron chi connectivity index (χ3n) is 4.49. The van der Waals surface area contributed by atoms with Gasteiger partial charge in [0.05, 0.1) is 11.9 Å². The van der Waals surface area contributed by atoms with Crippen LogP contribution in [-0.4, -0.2) is 41.6 Å². The number of para-hydroxylation sites is 2. The maximum Gasteiger partial charge on any atom is 0.269 e. The number of anilines is 1. The maximum atomic E-state index is 12.4. The molecule has 3 heterocycles. The molecule has 0 bridgehead atoms. The van der Waals surface area contributed by atoms with Gasteiger partial charge in [0.15, 0.2) is 11.5 Å². The van der Waals surface area contributed by atoms with Crippen molar-refractivity contribution >= 4 is 11.6 Å². The average molecular weight is 343 g/mol. The Morgan fingerprint density at radius 1 is 1.24 bits per heavy atom. The molecule has 2 aliphatic heterocycles. The van der Waals surface area contributed by atoms with Crippen LogP contribution in [0, 0.1) is 5.92 Å². The summed E-state index contributed by atoms with van der Waals surface area (Å²) >= 11 is 0. The quantitative estimate of drug-likeness (QED) is 0.920. The highest BCUT2D eigenvalue weighted by Gasteiger charge is 2.27. The van der Waals surface area contributed by atoms with Crippen LogP contribution in [0.3, 0.4) is 0 Å². The van der Waals surface area contributed by atoms with Crippen LogP contribution in [0.5, 0.6) is 11.5 Å². The fraction of sp³-hybridized carbons (Fsp3) is 0.444. The van der Waals surface area contributed by atoms with Crippen molar-refractivity contribution in [2.24, 2.45) is 5.92 Å². The number of fused-ring (bicyclic) bond motifs is 1. The van der Waals surface area contributed by atoms with Gasteiger partial charge in [-0.25, -0.2) is 0 Å². The first-order valence-corrected chi connectivity index (χ1v) is 8.57. The van der Waals surface area contributed by atoms with Gasteiger partial charge in [-0.2, -0.15) is 5.10 Å². The summed E-state index contributed by atoms with van der Waals surface area (Å²) in [5.74, 6) is 1.59. The molecule has 1 aromatic carbocycles. The summed E-state index contributed by atoms with van der Waals surface area (Å²) in [7, 11) is 0. The van der Waals surface area contributed by atoms with E-state index in [2.05, 4.69) is 10.4 Å². The molecule has 1 fully saturated rings. The lowest BCUT2D eigenvalue weighted by atomic mass is 10.0. The molecule has 2 aromatic rings. The lowest BCUT2D eigenvalue weighted by Crippen LogP contribution is -2.40. The molecule has 1 saturated heterocycles. The average Bonchev–Trinajstić information content (AvgIpc) is 3.09. The van der Waals surface area contributed by atoms with E-state index in [1.807, 2.05) is 29.1 Å². The standard InChI is InChI=1S/C18H21N3O4/c22-18(17-12-24-15-3-1-2-4-16(15)25-17)20-14-9-19-21(11-14)10-13-5-7-23-8-6-13/h1-4,9,11,13,17H,5-8,10,12H2,(H,20,22)/t17-/m1/s1. The fourth-order valence-electron chi connectivity index (χ4n) is 3.09. The zero-order chi connectivity index (χ0) is 17.1. The Kier molecular flexibility index (Phi) is 4.56. The molecule has 4 rings (SSSR count). The minimum absolute atomic E-state index is 0.194. The van der Waals surface area contributed by atoms with Crippen LogP contribution < -0.4 is 14.8 Å². The van der Waals surface area contributed by atoms with Crippen molar-refractivity contribution in [1.82, 2.24) is 9.78 Å². The Bertz CT molecular complexity index is 739. The van der Waals surface area contributed by atoms with E-state index < -0.39 is 6.10 Å². The van der Waals surface area contributed by atoms with E-state index in [0.29, 0.717) is 23.1 Å². The largest absolute Gasteiger partial charge is 0.485 e. The van der Waals surface area contributed by atoms with E-state index in [9.17, 15) is 4.79 Å². The van der Waals surface area contributed by atoms with E-state index in [1.54, 1.807) is 12.3 Å². The monoisotopic (exact) mass is 343 g/mol. The summed E-state index contributed by atoms with van der Waals surface area (Å²) in [4.78, 5) is 12.4. The molecule has 2 aliphatic rings. The Morgan fingerprint density at radius 3 is 2.88 bits per heavy atom. The molecule has 132 valence electrons. The van der Waals surface area contributed by atoms with Crippen molar-refractivity contribution in [3.05, 3.63) is 36.7 Å². The molecule has 1 atom stereocenters. The van der Waals surface area contributed by atoms with Crippen molar-refractivity contribution in [3.63, 3.8) is 0 Å². The van der Waals surface area contributed by atoms with E-state index in [-0.39, 0.29) is 12.5 Å². The van der Waals surface area contributed by atoms with Gasteiger partial charge >= 0.3 is 0 Å². The summed E-state index contributed by atoms with van der Waals surface area (Å²) in [5, 5.41) is 7.18. The molecule has 0 spiro atoms. The fourth-order valence-corrected chi connectivity index (χ4v) is 3.09. The van der Waals surface area contributed by atoms with Crippen LogP contribution >= 0.6 is 0 Å². The highest BCUT2D eigenvalue weighted by atomic mass is 16.6. The van der Waals surface area contributed by atoms with Crippen molar-refractivity contribution in [2.45, 2.75) is 25.5 Å². The third-order valence-corrected chi connectivity index (χ3v) is 4.49. The van der Waals surface area contributed by atoms with Crippen molar-refractivity contribution < 1.29 is 19.0 Å². The predicted octanol–water partition coefficient (Wildman–Crippen LogP) is 2.09. The highest BCUT2D eigenvalue weighted by Crippen LogP contribution is 2.31. The van der Waals surface area contributed by atoms with Gasteiger partial charge in [0.25, 0.3) is 5.91 Å². The normalized spacial score (nSPS) is 20.2. The second-order valence-corrected chi connectivity index (χ2v) is 6.36. The van der Waals surface area contributed by atoms with Crippen LogP contribution in [-0.2, 0) is 16.1 Å². The zero-order valence-corrected chi connectivity index (χ0v) is 13.9. The van der Waals surface area contributed by atoms with Gasteiger partial charge < -0.3 is 19.5 Å². The molecule has 0 aliphatic carbocycles. The number of aromatic nitrogens is 2. The van der Waals surface area contributed by atoms with Crippen LogP contribution in [0.1, 0.15) is 12.8 Å². The van der Waals surface area contributed by atoms with Crippen LogP contribution in [0.2, 0.25) is 0 Å². The van der Waals surface area contributed by atoms with Crippen molar-refractivity contribution in [1.29, 1.82) is 0 Å². The minimum Gasteiger partial charge on any atom is -0.485 e. The number of nitrogens with zero attached hydrogens (tertiary/aromatic N) is 2. The number of carbonyl (C=O) groups is 1. The second kappa shape index (κ2) is 7.14. The minimum atomic E-state index is -0.672. The second-order valence-electron chi connectivity index (χ2n) is 6.36. The summed E-state index contributed by atoms with van der Waals surface area (Å²) in [6.07, 6.45) is 4.94. The number of rotatable bonds is 4. The van der Waals surface area contributed by atoms with E-state index in [4.69, 9.17) is 14.2 Å². The van der Waals surface area contributed by atoms with Gasteiger partial charge in [-0.3, -0.25) is 9.48 Å². The SMILES string of the molecule is O=C(Nc1cnn(CC2CCOCC2)c1)[C@H]1COc2ccccc2O1. The number of amides is 1. The number of ether oxygens (including phenoxy) is 3. The van der Waals surface area contributed by atoms with Gasteiger partial charge in [0.2, 0.25) is 6.10 Å². The number of nitrogens with one attached hydrogen (secondary N) is 1. The van der Waals surface area contributed by atoms with E-state index in [1.165, 1.54) is 0 Å². The molecule has 1 aromatic heterocycles. The summed E-state index contributed by atoms with van der Waals surface area (Å²) in [6, 6.07) is 7.34. The van der Waals surface area contributed by atoms with Crippen LogP contribution in [0.4, 0.5) is 5.69 Å². The first kappa shape index (κ1) is 16.0. The molecule has 0 unspecified atom stereocenters. The smallest absolute Gasteiger partial charge is 0.269 e. The first-order valence-electron chi connectivity index (χ1n) is 8.57. The number of benzene rings is 1. The van der Waals surface area contributed by atoms with E-state index >= 15 is 0 Å². The van der Waals surface area contributed by atoms with Crippen molar-refractivity contribution in [2.75, 3.05) is 25.1 Å². The van der Waals surface area contributed by atoms with Crippen LogP contribution in [0.15, 0.2) is 36.7 Å². The Morgan fingerprint density at radius 2 is 2.04 bits per heavy atom. The summed E-state index contributed by atoms with van der Waals surface area (Å²) in [6.45, 7) is 2.67. The topological polar surface area (TPSA) is 74.6 Å². The summed E-state index contributed by atoms with van der Waals surface area (Å²) < 4.78 is 18.5. The Hall–Kier alpha value is -2.54. The molecule has 1 amide bonds. The number of hydrogen-bond acceptors (Lipinski definition) is 5. The zero-order valence-electron chi connectivity index (χ0n) is 13.9. The molecule has 1 N–H and O–H groups in total. The Balaban J connectivity index is 1.34. The van der Waals surface area contributed by atoms with Gasteiger partial charge in [-0.1, -0.05) is 12.1 Å².